The largest absolute Gasteiger partial charge is 0.391 e. The molecule has 0 aliphatic carbocycles. The Kier molecular flexibility index (Phi) is 4.02. The lowest BCUT2D eigenvalue weighted by Crippen LogP contribution is -2.41. The summed E-state index contributed by atoms with van der Waals surface area (Å²) in [6, 6.07) is 0. The van der Waals surface area contributed by atoms with Gasteiger partial charge in [-0.3, -0.25) is 0 Å². The molecule has 2 nitrogen and oxygen atoms in total. The van der Waals surface area contributed by atoms with Crippen LogP contribution in [0.15, 0.2) is 0 Å². The van der Waals surface area contributed by atoms with Gasteiger partial charge in [0.05, 0.1) is 6.10 Å². The van der Waals surface area contributed by atoms with Crippen molar-refractivity contribution in [2.45, 2.75) is 32.8 Å². The second kappa shape index (κ2) is 4.63. The molecule has 1 saturated heterocycles. The summed E-state index contributed by atoms with van der Waals surface area (Å²) in [5, 5.41) is 9.37. The van der Waals surface area contributed by atoms with Crippen molar-refractivity contribution in [1.29, 1.82) is 0 Å². The highest BCUT2D eigenvalue weighted by Crippen LogP contribution is 2.29. The maximum atomic E-state index is 9.37. The number of aliphatic hydroxyl groups is 1. The molecule has 1 N–H and O–H groups in total. The molecule has 0 bridgehead atoms. The van der Waals surface area contributed by atoms with Gasteiger partial charge in [-0.1, -0.05) is 13.8 Å². The number of piperidine rings is 1. The van der Waals surface area contributed by atoms with Crippen molar-refractivity contribution in [3.63, 3.8) is 0 Å². The highest BCUT2D eigenvalue weighted by atomic mass is 35.5. The second-order valence-electron chi connectivity index (χ2n) is 4.77. The molecule has 0 radical (unpaired) electrons. The standard InChI is InChI=1S/C10H20ClNO/c1-10(2)3-5-12(6-4-10)8-9(13)7-11/h9,13H,3-8H2,1-2H3. The van der Waals surface area contributed by atoms with Crippen molar-refractivity contribution in [3.05, 3.63) is 0 Å². The Balaban J connectivity index is 2.25. The van der Waals surface area contributed by atoms with Gasteiger partial charge in [-0.05, 0) is 31.3 Å². The predicted molar refractivity (Wildman–Crippen MR) is 56.2 cm³/mol. The van der Waals surface area contributed by atoms with E-state index in [0.29, 0.717) is 11.3 Å². The van der Waals surface area contributed by atoms with Crippen LogP contribution in [0.3, 0.4) is 0 Å². The summed E-state index contributed by atoms with van der Waals surface area (Å²) in [5.74, 6) is 0.347. The van der Waals surface area contributed by atoms with E-state index in [-0.39, 0.29) is 6.10 Å². The molecule has 3 heteroatoms. The normalized spacial score (nSPS) is 25.8. The van der Waals surface area contributed by atoms with Crippen LogP contribution in [-0.2, 0) is 0 Å². The lowest BCUT2D eigenvalue weighted by Gasteiger charge is -2.37. The number of alkyl halides is 1. The zero-order valence-corrected chi connectivity index (χ0v) is 9.35. The second-order valence-corrected chi connectivity index (χ2v) is 5.08. The van der Waals surface area contributed by atoms with Crippen molar-refractivity contribution < 1.29 is 5.11 Å². The lowest BCUT2D eigenvalue weighted by molar-refractivity contribution is 0.0800. The fourth-order valence-corrected chi connectivity index (χ4v) is 1.79. The quantitative estimate of drug-likeness (QED) is 0.710. The van der Waals surface area contributed by atoms with E-state index in [4.69, 9.17) is 11.6 Å². The van der Waals surface area contributed by atoms with Crippen LogP contribution >= 0.6 is 11.6 Å². The molecule has 0 amide bonds. The number of hydrogen-bond acceptors (Lipinski definition) is 2. The van der Waals surface area contributed by atoms with Crippen LogP contribution in [0.4, 0.5) is 0 Å². The summed E-state index contributed by atoms with van der Waals surface area (Å²) >= 11 is 5.55. The SMILES string of the molecule is CC1(C)CCN(CC(O)CCl)CC1. The summed E-state index contributed by atoms with van der Waals surface area (Å²) < 4.78 is 0. The van der Waals surface area contributed by atoms with E-state index in [1.807, 2.05) is 0 Å². The van der Waals surface area contributed by atoms with Crippen LogP contribution in [-0.4, -0.2) is 41.6 Å². The van der Waals surface area contributed by atoms with E-state index in [0.717, 1.165) is 19.6 Å². The number of halogens is 1. The molecule has 0 aromatic heterocycles. The van der Waals surface area contributed by atoms with E-state index in [1.165, 1.54) is 12.8 Å². The van der Waals surface area contributed by atoms with E-state index in [2.05, 4.69) is 18.7 Å². The zero-order valence-electron chi connectivity index (χ0n) is 8.59. The van der Waals surface area contributed by atoms with Gasteiger partial charge in [-0.25, -0.2) is 0 Å². The van der Waals surface area contributed by atoms with Gasteiger partial charge >= 0.3 is 0 Å². The van der Waals surface area contributed by atoms with Gasteiger partial charge in [0.2, 0.25) is 0 Å². The van der Waals surface area contributed by atoms with Gasteiger partial charge < -0.3 is 10.0 Å². The molecule has 1 aliphatic rings. The highest BCUT2D eigenvalue weighted by molar-refractivity contribution is 6.18. The molecule has 1 heterocycles. The van der Waals surface area contributed by atoms with Crippen LogP contribution in [0, 0.1) is 5.41 Å². The third kappa shape index (κ3) is 3.84. The Hall–Kier alpha value is 0.210. The van der Waals surface area contributed by atoms with E-state index >= 15 is 0 Å². The Labute approximate surface area is 85.9 Å². The van der Waals surface area contributed by atoms with Gasteiger partial charge in [0.1, 0.15) is 0 Å². The third-order valence-electron chi connectivity index (χ3n) is 2.86. The maximum absolute atomic E-state index is 9.37. The fraction of sp³-hybridized carbons (Fsp3) is 1.00. The van der Waals surface area contributed by atoms with Crippen molar-refractivity contribution >= 4 is 11.6 Å². The third-order valence-corrected chi connectivity index (χ3v) is 3.21. The highest BCUT2D eigenvalue weighted by Gasteiger charge is 2.25. The minimum atomic E-state index is -0.358. The molecule has 1 aliphatic heterocycles. The fourth-order valence-electron chi connectivity index (χ4n) is 1.69. The molecule has 1 atom stereocenters. The van der Waals surface area contributed by atoms with Crippen LogP contribution in [0.1, 0.15) is 26.7 Å². The average Bonchev–Trinajstić information content (AvgIpc) is 2.08. The molecule has 1 rings (SSSR count). The number of likely N-dealkylation sites (tertiary alicyclic amines) is 1. The molecular formula is C10H20ClNO. The summed E-state index contributed by atoms with van der Waals surface area (Å²) in [6.45, 7) is 7.55. The lowest BCUT2D eigenvalue weighted by atomic mass is 9.82. The van der Waals surface area contributed by atoms with Gasteiger partial charge in [-0.2, -0.15) is 0 Å². The molecule has 1 unspecified atom stereocenters. The summed E-state index contributed by atoms with van der Waals surface area (Å²) in [6.07, 6.45) is 2.09. The Morgan fingerprint density at radius 2 is 1.92 bits per heavy atom. The number of aliphatic hydroxyl groups excluding tert-OH is 1. The summed E-state index contributed by atoms with van der Waals surface area (Å²) in [4.78, 5) is 2.30. The maximum Gasteiger partial charge on any atom is 0.0802 e. The van der Waals surface area contributed by atoms with Crippen LogP contribution in [0.25, 0.3) is 0 Å². The first-order valence-corrected chi connectivity index (χ1v) is 5.53. The van der Waals surface area contributed by atoms with Gasteiger partial charge in [0, 0.05) is 12.4 Å². The predicted octanol–water partition coefficient (Wildman–Crippen LogP) is 1.71. The number of rotatable bonds is 3. The molecule has 13 heavy (non-hydrogen) atoms. The first-order valence-electron chi connectivity index (χ1n) is 5.00. The van der Waals surface area contributed by atoms with Crippen LogP contribution in [0.2, 0.25) is 0 Å². The van der Waals surface area contributed by atoms with E-state index in [9.17, 15) is 5.11 Å². The van der Waals surface area contributed by atoms with Gasteiger partial charge in [0.25, 0.3) is 0 Å². The van der Waals surface area contributed by atoms with Gasteiger partial charge in [-0.15, -0.1) is 11.6 Å². The first-order chi connectivity index (χ1) is 6.03. The monoisotopic (exact) mass is 205 g/mol. The van der Waals surface area contributed by atoms with Crippen molar-refractivity contribution in [3.8, 4) is 0 Å². The Morgan fingerprint density at radius 1 is 1.38 bits per heavy atom. The van der Waals surface area contributed by atoms with Gasteiger partial charge in [0.15, 0.2) is 0 Å². The van der Waals surface area contributed by atoms with E-state index < -0.39 is 0 Å². The first kappa shape index (κ1) is 11.3. The Bertz CT molecular complexity index is 151. The molecular weight excluding hydrogens is 186 g/mol. The molecule has 78 valence electrons. The number of β-amino-alcohol motifs (C(OH)–C–C–N with tert-alkyl or cyclic N) is 1. The molecule has 0 aromatic rings. The molecule has 1 fully saturated rings. The van der Waals surface area contributed by atoms with Crippen LogP contribution in [0.5, 0.6) is 0 Å². The van der Waals surface area contributed by atoms with Crippen LogP contribution < -0.4 is 0 Å². The zero-order chi connectivity index (χ0) is 9.90. The number of nitrogens with zero attached hydrogens (tertiary/aromatic N) is 1. The average molecular weight is 206 g/mol. The molecule has 0 saturated carbocycles. The minimum absolute atomic E-state index is 0.347. The summed E-state index contributed by atoms with van der Waals surface area (Å²) in [5.41, 5.74) is 0.489. The molecule has 0 spiro atoms. The topological polar surface area (TPSA) is 23.5 Å². The molecule has 0 aromatic carbocycles. The van der Waals surface area contributed by atoms with E-state index in [1.54, 1.807) is 0 Å². The van der Waals surface area contributed by atoms with Crippen molar-refractivity contribution in [2.75, 3.05) is 25.5 Å². The minimum Gasteiger partial charge on any atom is -0.391 e. The van der Waals surface area contributed by atoms with Crippen molar-refractivity contribution in [1.82, 2.24) is 4.90 Å². The number of hydrogen-bond donors (Lipinski definition) is 1. The summed E-state index contributed by atoms with van der Waals surface area (Å²) in [7, 11) is 0. The smallest absolute Gasteiger partial charge is 0.0802 e. The van der Waals surface area contributed by atoms with Crippen molar-refractivity contribution in [2.24, 2.45) is 5.41 Å². The Morgan fingerprint density at radius 3 is 2.38 bits per heavy atom.